The summed E-state index contributed by atoms with van der Waals surface area (Å²) < 4.78 is 0. The molecule has 0 aromatic carbocycles. The molecule has 0 fully saturated rings. The summed E-state index contributed by atoms with van der Waals surface area (Å²) in [4.78, 5) is 0. The number of hydrogen-bond donors (Lipinski definition) is 1. The van der Waals surface area contributed by atoms with Crippen LogP contribution in [0.15, 0.2) is 0 Å². The summed E-state index contributed by atoms with van der Waals surface area (Å²) in [5.41, 5.74) is 0. The van der Waals surface area contributed by atoms with Gasteiger partial charge in [-0.25, -0.2) is 0 Å². The van der Waals surface area contributed by atoms with Crippen LogP contribution in [0.25, 0.3) is 0 Å². The summed E-state index contributed by atoms with van der Waals surface area (Å²) in [5.74, 6) is 0. The highest BCUT2D eigenvalue weighted by molar-refractivity contribution is 4.41. The maximum atomic E-state index is 7.57. The van der Waals surface area contributed by atoms with Gasteiger partial charge in [-0.3, -0.25) is 0 Å². The van der Waals surface area contributed by atoms with E-state index in [0.29, 0.717) is 0 Å². The van der Waals surface area contributed by atoms with Gasteiger partial charge in [-0.2, -0.15) is 0 Å². The topological polar surface area (TPSA) is 20.2 Å². The summed E-state index contributed by atoms with van der Waals surface area (Å²) in [6.45, 7) is 14.5. The van der Waals surface area contributed by atoms with Crippen LogP contribution < -0.4 is 0 Å². The molecule has 0 atom stereocenters. The van der Waals surface area contributed by atoms with E-state index in [2.05, 4.69) is 13.8 Å². The molecule has 0 saturated carbocycles. The lowest BCUT2D eigenvalue weighted by Crippen LogP contribution is -1.76. The molecular weight excluding hydrogens is 196 g/mol. The van der Waals surface area contributed by atoms with Crippen molar-refractivity contribution < 1.29 is 5.11 Å². The second kappa shape index (κ2) is 46.0. The summed E-state index contributed by atoms with van der Waals surface area (Å²) in [6.07, 6.45) is 9.97. The number of unbranched alkanes of at least 4 members (excludes halogenated alkanes) is 6. The van der Waals surface area contributed by atoms with Crippen molar-refractivity contribution in [2.45, 2.75) is 93.4 Å². The Labute approximate surface area is 106 Å². The lowest BCUT2D eigenvalue weighted by atomic mass is 10.1. The number of aliphatic hydroxyl groups is 1. The maximum Gasteiger partial charge on any atom is 0.0402 e. The van der Waals surface area contributed by atoms with Gasteiger partial charge in [0.05, 0.1) is 0 Å². The summed E-state index contributed by atoms with van der Waals surface area (Å²) in [7, 11) is 0. The molecule has 0 rings (SSSR count). The zero-order chi connectivity index (χ0) is 13.7. The first-order valence-corrected chi connectivity index (χ1v) is 7.44. The quantitative estimate of drug-likeness (QED) is 0.575. The molecular formula is C15H38O. The minimum atomic E-state index is 0.250. The molecule has 0 bridgehead atoms. The lowest BCUT2D eigenvalue weighted by Gasteiger charge is -1.96. The molecule has 0 spiro atoms. The Hall–Kier alpha value is -0.0400. The third-order valence-corrected chi connectivity index (χ3v) is 1.71. The zero-order valence-corrected chi connectivity index (χ0v) is 13.1. The second-order valence-electron chi connectivity index (χ2n) is 3.08. The average molecular weight is 234 g/mol. The Morgan fingerprint density at radius 1 is 0.562 bits per heavy atom. The molecule has 0 radical (unpaired) electrons. The number of rotatable bonds is 6. The highest BCUT2D eigenvalue weighted by Gasteiger charge is 1.85. The zero-order valence-electron chi connectivity index (χ0n) is 13.1. The summed E-state index contributed by atoms with van der Waals surface area (Å²) in [5, 5.41) is 7.57. The number of aliphatic hydroxyl groups excluding tert-OH is 1. The SMILES string of the molecule is CC.CC.CCCCCCCCC.CCO. The van der Waals surface area contributed by atoms with Gasteiger partial charge < -0.3 is 5.11 Å². The third kappa shape index (κ3) is 66.0. The van der Waals surface area contributed by atoms with Gasteiger partial charge in [0.15, 0.2) is 0 Å². The molecule has 1 nitrogen and oxygen atoms in total. The van der Waals surface area contributed by atoms with E-state index in [-0.39, 0.29) is 6.61 Å². The Bertz CT molecular complexity index is 47.4. The lowest BCUT2D eigenvalue weighted by molar-refractivity contribution is 0.318. The Kier molecular flexibility index (Phi) is 71.8. The van der Waals surface area contributed by atoms with Gasteiger partial charge in [0.2, 0.25) is 0 Å². The molecule has 0 aliphatic heterocycles. The Balaban J connectivity index is -0.0000000864. The van der Waals surface area contributed by atoms with Crippen molar-refractivity contribution in [1.29, 1.82) is 0 Å². The van der Waals surface area contributed by atoms with Crippen LogP contribution in [0, 0.1) is 0 Å². The Morgan fingerprint density at radius 2 is 0.750 bits per heavy atom. The molecule has 0 amide bonds. The molecule has 0 aliphatic rings. The van der Waals surface area contributed by atoms with Crippen LogP contribution in [0.5, 0.6) is 0 Å². The van der Waals surface area contributed by atoms with Crippen molar-refractivity contribution in [3.8, 4) is 0 Å². The first-order valence-electron chi connectivity index (χ1n) is 7.44. The minimum Gasteiger partial charge on any atom is -0.397 e. The van der Waals surface area contributed by atoms with E-state index in [9.17, 15) is 0 Å². The van der Waals surface area contributed by atoms with Gasteiger partial charge in [-0.05, 0) is 6.92 Å². The van der Waals surface area contributed by atoms with E-state index in [1.165, 1.54) is 44.9 Å². The van der Waals surface area contributed by atoms with E-state index in [1.807, 2.05) is 27.7 Å². The van der Waals surface area contributed by atoms with Gasteiger partial charge in [-0.15, -0.1) is 0 Å². The standard InChI is InChI=1S/C9H20.C2H6O.2C2H6/c1-3-5-7-9-8-6-4-2;1-2-3;2*1-2/h3-9H2,1-2H3;3H,2H2,1H3;2*1-2H3. The van der Waals surface area contributed by atoms with Crippen LogP contribution in [0.4, 0.5) is 0 Å². The molecule has 104 valence electrons. The molecule has 1 heteroatoms. The fourth-order valence-corrected chi connectivity index (χ4v) is 1.03. The molecule has 16 heavy (non-hydrogen) atoms. The predicted molar refractivity (Wildman–Crippen MR) is 79.1 cm³/mol. The first-order chi connectivity index (χ1) is 7.83. The normalized spacial score (nSPS) is 7.50. The largest absolute Gasteiger partial charge is 0.397 e. The molecule has 0 aromatic rings. The maximum absolute atomic E-state index is 7.57. The predicted octanol–water partition coefficient (Wildman–Crippen LogP) is 5.81. The minimum absolute atomic E-state index is 0.250. The molecule has 0 heterocycles. The monoisotopic (exact) mass is 234 g/mol. The second-order valence-corrected chi connectivity index (χ2v) is 3.08. The van der Waals surface area contributed by atoms with Gasteiger partial charge in [-0.1, -0.05) is 86.5 Å². The molecule has 0 unspecified atom stereocenters. The van der Waals surface area contributed by atoms with Crippen molar-refractivity contribution >= 4 is 0 Å². The van der Waals surface area contributed by atoms with E-state index >= 15 is 0 Å². The van der Waals surface area contributed by atoms with Crippen LogP contribution in [-0.2, 0) is 0 Å². The highest BCUT2D eigenvalue weighted by Crippen LogP contribution is 2.05. The molecule has 1 N–H and O–H groups in total. The van der Waals surface area contributed by atoms with Crippen LogP contribution in [-0.4, -0.2) is 11.7 Å². The fourth-order valence-electron chi connectivity index (χ4n) is 1.03. The van der Waals surface area contributed by atoms with Crippen molar-refractivity contribution in [2.24, 2.45) is 0 Å². The molecule has 0 aliphatic carbocycles. The van der Waals surface area contributed by atoms with Gasteiger partial charge >= 0.3 is 0 Å². The summed E-state index contributed by atoms with van der Waals surface area (Å²) >= 11 is 0. The van der Waals surface area contributed by atoms with Crippen molar-refractivity contribution in [3.05, 3.63) is 0 Å². The van der Waals surface area contributed by atoms with Crippen molar-refractivity contribution in [1.82, 2.24) is 0 Å². The van der Waals surface area contributed by atoms with Crippen LogP contribution in [0.3, 0.4) is 0 Å². The summed E-state index contributed by atoms with van der Waals surface area (Å²) in [6, 6.07) is 0. The van der Waals surface area contributed by atoms with E-state index in [1.54, 1.807) is 6.92 Å². The van der Waals surface area contributed by atoms with Crippen LogP contribution >= 0.6 is 0 Å². The van der Waals surface area contributed by atoms with E-state index in [4.69, 9.17) is 5.11 Å². The van der Waals surface area contributed by atoms with E-state index < -0.39 is 0 Å². The fraction of sp³-hybridized carbons (Fsp3) is 1.00. The van der Waals surface area contributed by atoms with Crippen molar-refractivity contribution in [2.75, 3.05) is 6.61 Å². The van der Waals surface area contributed by atoms with Gasteiger partial charge in [0.1, 0.15) is 0 Å². The highest BCUT2D eigenvalue weighted by atomic mass is 16.2. The van der Waals surface area contributed by atoms with Gasteiger partial charge in [0.25, 0.3) is 0 Å². The van der Waals surface area contributed by atoms with Gasteiger partial charge in [0, 0.05) is 6.61 Å². The molecule has 0 aromatic heterocycles. The van der Waals surface area contributed by atoms with Crippen LogP contribution in [0.2, 0.25) is 0 Å². The smallest absolute Gasteiger partial charge is 0.0402 e. The first kappa shape index (κ1) is 25.0. The molecule has 0 saturated heterocycles. The van der Waals surface area contributed by atoms with Crippen molar-refractivity contribution in [3.63, 3.8) is 0 Å². The average Bonchev–Trinajstić information content (AvgIpc) is 2.35. The third-order valence-electron chi connectivity index (χ3n) is 1.71. The van der Waals surface area contributed by atoms with E-state index in [0.717, 1.165) is 0 Å². The van der Waals surface area contributed by atoms with Crippen LogP contribution in [0.1, 0.15) is 93.4 Å². The number of hydrogen-bond acceptors (Lipinski definition) is 1. The Morgan fingerprint density at radius 3 is 0.938 bits per heavy atom.